The van der Waals surface area contributed by atoms with Crippen molar-refractivity contribution in [1.29, 1.82) is 0 Å². The molecule has 2 nitrogen and oxygen atoms in total. The fraction of sp³-hybridized carbons (Fsp3) is 0.333. The summed E-state index contributed by atoms with van der Waals surface area (Å²) in [5.74, 6) is -0.585. The average Bonchev–Trinajstić information content (AvgIpc) is 2.14. The maximum absolute atomic E-state index is 13.0. The monoisotopic (exact) mass is 236 g/mol. The SMILES string of the molecule is NCCCNc1cc(Cl)c(F)c(Cl)c1. The molecule has 3 N–H and O–H groups in total. The normalized spacial score (nSPS) is 10.3. The third-order valence-corrected chi connectivity index (χ3v) is 2.24. The predicted octanol–water partition coefficient (Wildman–Crippen LogP) is 2.89. The number of nitrogens with two attached hydrogens (primary N) is 1. The van der Waals surface area contributed by atoms with Crippen molar-refractivity contribution in [2.45, 2.75) is 6.42 Å². The van der Waals surface area contributed by atoms with Crippen LogP contribution < -0.4 is 11.1 Å². The molecule has 78 valence electrons. The smallest absolute Gasteiger partial charge is 0.160 e. The van der Waals surface area contributed by atoms with Crippen molar-refractivity contribution in [2.75, 3.05) is 18.4 Å². The Morgan fingerprint density at radius 3 is 2.36 bits per heavy atom. The van der Waals surface area contributed by atoms with E-state index in [1.807, 2.05) is 0 Å². The van der Waals surface area contributed by atoms with Gasteiger partial charge in [-0.05, 0) is 25.1 Å². The van der Waals surface area contributed by atoms with Crippen molar-refractivity contribution in [1.82, 2.24) is 0 Å². The highest BCUT2D eigenvalue weighted by atomic mass is 35.5. The molecule has 0 aliphatic rings. The van der Waals surface area contributed by atoms with Gasteiger partial charge in [-0.15, -0.1) is 0 Å². The van der Waals surface area contributed by atoms with E-state index in [1.54, 1.807) is 0 Å². The Bertz CT molecular complexity index is 295. The second kappa shape index (κ2) is 5.39. The minimum absolute atomic E-state index is 0.0211. The van der Waals surface area contributed by atoms with Crippen LogP contribution in [0.5, 0.6) is 0 Å². The molecular weight excluding hydrogens is 226 g/mol. The zero-order valence-corrected chi connectivity index (χ0v) is 9.00. The first-order valence-electron chi connectivity index (χ1n) is 4.23. The molecule has 1 aromatic carbocycles. The Morgan fingerprint density at radius 1 is 1.29 bits per heavy atom. The number of nitrogens with one attached hydrogen (secondary N) is 1. The van der Waals surface area contributed by atoms with Crippen molar-refractivity contribution in [3.05, 3.63) is 28.0 Å². The molecule has 0 unspecified atom stereocenters. The van der Waals surface area contributed by atoms with E-state index in [0.717, 1.165) is 13.0 Å². The lowest BCUT2D eigenvalue weighted by atomic mass is 10.3. The maximum Gasteiger partial charge on any atom is 0.160 e. The van der Waals surface area contributed by atoms with Gasteiger partial charge in [-0.1, -0.05) is 23.2 Å². The van der Waals surface area contributed by atoms with Crippen LogP contribution in [-0.2, 0) is 0 Å². The standard InChI is InChI=1S/C9H11Cl2FN2/c10-7-4-6(14-3-1-2-13)5-8(11)9(7)12/h4-5,14H,1-3,13H2. The van der Waals surface area contributed by atoms with Crippen LogP contribution >= 0.6 is 23.2 Å². The molecule has 0 aliphatic heterocycles. The van der Waals surface area contributed by atoms with Crippen LogP contribution in [-0.4, -0.2) is 13.1 Å². The first-order chi connectivity index (χ1) is 6.65. The summed E-state index contributed by atoms with van der Waals surface area (Å²) in [5.41, 5.74) is 6.03. The van der Waals surface area contributed by atoms with E-state index in [2.05, 4.69) is 5.32 Å². The van der Waals surface area contributed by atoms with E-state index in [-0.39, 0.29) is 10.0 Å². The van der Waals surface area contributed by atoms with Gasteiger partial charge < -0.3 is 11.1 Å². The summed E-state index contributed by atoms with van der Waals surface area (Å²) in [6.07, 6.45) is 0.840. The summed E-state index contributed by atoms with van der Waals surface area (Å²) < 4.78 is 13.0. The summed E-state index contributed by atoms with van der Waals surface area (Å²) >= 11 is 11.2. The second-order valence-electron chi connectivity index (χ2n) is 2.82. The molecule has 5 heteroatoms. The summed E-state index contributed by atoms with van der Waals surface area (Å²) in [4.78, 5) is 0. The third-order valence-electron chi connectivity index (χ3n) is 1.69. The number of halogens is 3. The Kier molecular flexibility index (Phi) is 4.45. The summed E-state index contributed by atoms with van der Waals surface area (Å²) in [6, 6.07) is 3.00. The van der Waals surface area contributed by atoms with Crippen molar-refractivity contribution < 1.29 is 4.39 Å². The Morgan fingerprint density at radius 2 is 1.86 bits per heavy atom. The van der Waals surface area contributed by atoms with Gasteiger partial charge in [0.2, 0.25) is 0 Å². The largest absolute Gasteiger partial charge is 0.385 e. The molecule has 14 heavy (non-hydrogen) atoms. The highest BCUT2D eigenvalue weighted by molar-refractivity contribution is 6.35. The number of anilines is 1. The van der Waals surface area contributed by atoms with E-state index >= 15 is 0 Å². The summed E-state index contributed by atoms with van der Waals surface area (Å²) in [5, 5.41) is 3.08. The quantitative estimate of drug-likeness (QED) is 0.624. The molecule has 0 heterocycles. The lowest BCUT2D eigenvalue weighted by Crippen LogP contribution is -2.08. The van der Waals surface area contributed by atoms with Crippen molar-refractivity contribution in [3.8, 4) is 0 Å². The molecule has 0 atom stereocenters. The molecule has 0 amide bonds. The van der Waals surface area contributed by atoms with Gasteiger partial charge in [-0.2, -0.15) is 0 Å². The number of rotatable bonds is 4. The Hall–Kier alpha value is -0.510. The van der Waals surface area contributed by atoms with E-state index in [0.29, 0.717) is 12.2 Å². The third kappa shape index (κ3) is 3.01. The van der Waals surface area contributed by atoms with Gasteiger partial charge in [0, 0.05) is 12.2 Å². The first kappa shape index (κ1) is 11.6. The highest BCUT2D eigenvalue weighted by Crippen LogP contribution is 2.27. The van der Waals surface area contributed by atoms with Gasteiger partial charge >= 0.3 is 0 Å². The van der Waals surface area contributed by atoms with Gasteiger partial charge in [0.25, 0.3) is 0 Å². The molecular formula is C9H11Cl2FN2. The summed E-state index contributed by atoms with van der Waals surface area (Å²) in [7, 11) is 0. The Balaban J connectivity index is 2.69. The van der Waals surface area contributed by atoms with Crippen LogP contribution in [0.3, 0.4) is 0 Å². The highest BCUT2D eigenvalue weighted by Gasteiger charge is 2.06. The molecule has 0 saturated heterocycles. The molecule has 0 aromatic heterocycles. The lowest BCUT2D eigenvalue weighted by molar-refractivity contribution is 0.629. The molecule has 0 aliphatic carbocycles. The minimum atomic E-state index is -0.585. The van der Waals surface area contributed by atoms with Crippen LogP contribution in [0.2, 0.25) is 10.0 Å². The number of hydrogen-bond donors (Lipinski definition) is 2. The van der Waals surface area contributed by atoms with E-state index < -0.39 is 5.82 Å². The maximum atomic E-state index is 13.0. The van der Waals surface area contributed by atoms with E-state index in [1.165, 1.54) is 12.1 Å². The summed E-state index contributed by atoms with van der Waals surface area (Å²) in [6.45, 7) is 1.32. The van der Waals surface area contributed by atoms with Gasteiger partial charge in [-0.3, -0.25) is 0 Å². The zero-order valence-electron chi connectivity index (χ0n) is 7.49. The average molecular weight is 237 g/mol. The lowest BCUT2D eigenvalue weighted by Gasteiger charge is -2.07. The number of benzene rings is 1. The molecule has 1 aromatic rings. The van der Waals surface area contributed by atoms with Crippen LogP contribution in [0, 0.1) is 5.82 Å². The fourth-order valence-corrected chi connectivity index (χ4v) is 1.48. The van der Waals surface area contributed by atoms with Crippen LogP contribution in [0.25, 0.3) is 0 Å². The van der Waals surface area contributed by atoms with Crippen LogP contribution in [0.4, 0.5) is 10.1 Å². The number of hydrogen-bond acceptors (Lipinski definition) is 2. The first-order valence-corrected chi connectivity index (χ1v) is 4.99. The predicted molar refractivity (Wildman–Crippen MR) is 58.6 cm³/mol. The molecule has 0 saturated carbocycles. The minimum Gasteiger partial charge on any atom is -0.385 e. The van der Waals surface area contributed by atoms with Crippen molar-refractivity contribution in [2.24, 2.45) is 5.73 Å². The Labute approximate surface area is 92.2 Å². The van der Waals surface area contributed by atoms with Crippen molar-refractivity contribution >= 4 is 28.9 Å². The van der Waals surface area contributed by atoms with Gasteiger partial charge in [0.1, 0.15) is 0 Å². The van der Waals surface area contributed by atoms with E-state index in [9.17, 15) is 4.39 Å². The molecule has 0 spiro atoms. The second-order valence-corrected chi connectivity index (χ2v) is 3.64. The molecule has 1 rings (SSSR count). The zero-order chi connectivity index (χ0) is 10.6. The fourth-order valence-electron chi connectivity index (χ4n) is 0.992. The molecule has 0 fully saturated rings. The topological polar surface area (TPSA) is 38.0 Å². The van der Waals surface area contributed by atoms with Crippen LogP contribution in [0.1, 0.15) is 6.42 Å². The molecule has 0 radical (unpaired) electrons. The van der Waals surface area contributed by atoms with Gasteiger partial charge in [-0.25, -0.2) is 4.39 Å². The van der Waals surface area contributed by atoms with Gasteiger partial charge in [0.05, 0.1) is 10.0 Å². The van der Waals surface area contributed by atoms with Crippen molar-refractivity contribution in [3.63, 3.8) is 0 Å². The van der Waals surface area contributed by atoms with E-state index in [4.69, 9.17) is 28.9 Å². The van der Waals surface area contributed by atoms with Gasteiger partial charge in [0.15, 0.2) is 5.82 Å². The molecule has 0 bridgehead atoms. The van der Waals surface area contributed by atoms with Crippen LogP contribution in [0.15, 0.2) is 12.1 Å².